The van der Waals surface area contributed by atoms with E-state index in [4.69, 9.17) is 4.74 Å². The number of benzene rings is 1. The molecule has 3 N–H and O–H groups in total. The lowest BCUT2D eigenvalue weighted by atomic mass is 10.1. The average Bonchev–Trinajstić information content (AvgIpc) is 2.59. The van der Waals surface area contributed by atoms with Crippen LogP contribution in [0.15, 0.2) is 48.8 Å². The Labute approximate surface area is 159 Å². The lowest BCUT2D eigenvalue weighted by molar-refractivity contribution is -0.120. The van der Waals surface area contributed by atoms with Gasteiger partial charge in [0.05, 0.1) is 0 Å². The molecular formula is C20H26N4O3. The van der Waals surface area contributed by atoms with E-state index in [1.807, 2.05) is 51.1 Å². The Morgan fingerprint density at radius 3 is 2.63 bits per heavy atom. The van der Waals surface area contributed by atoms with Crippen molar-refractivity contribution in [3.8, 4) is 5.75 Å². The molecule has 2 aromatic rings. The molecule has 0 aliphatic rings. The van der Waals surface area contributed by atoms with Gasteiger partial charge in [-0.2, -0.15) is 0 Å². The van der Waals surface area contributed by atoms with Gasteiger partial charge in [-0.15, -0.1) is 0 Å². The van der Waals surface area contributed by atoms with Crippen LogP contribution in [0.25, 0.3) is 0 Å². The third-order valence-electron chi connectivity index (χ3n) is 3.46. The van der Waals surface area contributed by atoms with E-state index in [0.29, 0.717) is 12.4 Å². The molecule has 0 radical (unpaired) electrons. The second kappa shape index (κ2) is 9.02. The van der Waals surface area contributed by atoms with Gasteiger partial charge in [-0.25, -0.2) is 4.79 Å². The number of ether oxygens (including phenoxy) is 1. The van der Waals surface area contributed by atoms with Crippen LogP contribution in [-0.2, 0) is 11.4 Å². The van der Waals surface area contributed by atoms with Crippen LogP contribution in [0.5, 0.6) is 5.75 Å². The highest BCUT2D eigenvalue weighted by molar-refractivity contribution is 5.98. The molecule has 2 rings (SSSR count). The molecular weight excluding hydrogens is 344 g/mol. The Balaban J connectivity index is 1.88. The van der Waals surface area contributed by atoms with Crippen molar-refractivity contribution in [2.75, 3.05) is 5.32 Å². The van der Waals surface area contributed by atoms with Gasteiger partial charge in [0.2, 0.25) is 5.91 Å². The van der Waals surface area contributed by atoms with Crippen molar-refractivity contribution in [3.05, 3.63) is 54.4 Å². The van der Waals surface area contributed by atoms with E-state index in [2.05, 4.69) is 20.9 Å². The third kappa shape index (κ3) is 7.35. The van der Waals surface area contributed by atoms with Crippen LogP contribution in [0.3, 0.4) is 0 Å². The molecule has 0 bridgehead atoms. The van der Waals surface area contributed by atoms with Crippen molar-refractivity contribution >= 4 is 17.6 Å². The van der Waals surface area contributed by atoms with Crippen molar-refractivity contribution in [3.63, 3.8) is 0 Å². The predicted molar refractivity (Wildman–Crippen MR) is 105 cm³/mol. The summed E-state index contributed by atoms with van der Waals surface area (Å²) in [5, 5.41) is 8.08. The van der Waals surface area contributed by atoms with Crippen LogP contribution in [-0.4, -0.2) is 28.5 Å². The topological polar surface area (TPSA) is 92.3 Å². The lowest BCUT2D eigenvalue weighted by Crippen LogP contribution is -2.51. The summed E-state index contributed by atoms with van der Waals surface area (Å²) in [5.74, 6) is 0.250. The minimum Gasteiger partial charge on any atom is -0.489 e. The summed E-state index contributed by atoms with van der Waals surface area (Å²) in [7, 11) is 0. The zero-order valence-corrected chi connectivity index (χ0v) is 16.1. The highest BCUT2D eigenvalue weighted by atomic mass is 16.5. The number of amides is 3. The molecule has 1 aromatic carbocycles. The number of carbonyl (C=O) groups is 2. The molecule has 1 heterocycles. The van der Waals surface area contributed by atoms with Gasteiger partial charge in [0.25, 0.3) is 0 Å². The first-order chi connectivity index (χ1) is 12.7. The smallest absolute Gasteiger partial charge is 0.321 e. The number of nitrogens with one attached hydrogen (secondary N) is 3. The quantitative estimate of drug-likeness (QED) is 0.727. The zero-order chi connectivity index (χ0) is 19.9. The average molecular weight is 370 g/mol. The Kier molecular flexibility index (Phi) is 6.76. The van der Waals surface area contributed by atoms with E-state index in [9.17, 15) is 9.59 Å². The summed E-state index contributed by atoms with van der Waals surface area (Å²) in [6.07, 6.45) is 3.46. The van der Waals surface area contributed by atoms with Crippen molar-refractivity contribution in [1.82, 2.24) is 15.6 Å². The fourth-order valence-corrected chi connectivity index (χ4v) is 2.23. The molecule has 0 spiro atoms. The van der Waals surface area contributed by atoms with Gasteiger partial charge in [-0.1, -0.05) is 12.1 Å². The fraction of sp³-hybridized carbons (Fsp3) is 0.350. The monoisotopic (exact) mass is 370 g/mol. The van der Waals surface area contributed by atoms with E-state index in [1.54, 1.807) is 25.4 Å². The normalized spacial score (nSPS) is 12.0. The van der Waals surface area contributed by atoms with Gasteiger partial charge in [-0.05, 0) is 45.9 Å². The maximum Gasteiger partial charge on any atom is 0.321 e. The van der Waals surface area contributed by atoms with Crippen LogP contribution in [0.4, 0.5) is 10.5 Å². The molecule has 7 heteroatoms. The first kappa shape index (κ1) is 20.2. The minimum absolute atomic E-state index is 0.403. The van der Waals surface area contributed by atoms with Gasteiger partial charge in [0, 0.05) is 35.2 Å². The highest BCUT2D eigenvalue weighted by Crippen LogP contribution is 2.19. The molecule has 0 fully saturated rings. The number of aromatic nitrogens is 1. The standard InChI is InChI=1S/C20H26N4O3/c1-14(18(25)23-19(26)24-20(2,3)4)22-16-8-5-9-17(11-16)27-13-15-7-6-10-21-12-15/h5-12,14,22H,13H2,1-4H3,(H2,23,24,25,26)/t14-/m0/s1. The van der Waals surface area contributed by atoms with Crippen LogP contribution in [0, 0.1) is 0 Å². The predicted octanol–water partition coefficient (Wildman–Crippen LogP) is 3.09. The molecule has 0 aliphatic carbocycles. The highest BCUT2D eigenvalue weighted by Gasteiger charge is 2.19. The van der Waals surface area contributed by atoms with Crippen molar-refractivity contribution in [2.45, 2.75) is 45.9 Å². The minimum atomic E-state index is -0.593. The number of hydrogen-bond donors (Lipinski definition) is 3. The summed E-state index contributed by atoms with van der Waals surface area (Å²) in [4.78, 5) is 28.0. The Bertz CT molecular complexity index is 772. The van der Waals surface area contributed by atoms with E-state index < -0.39 is 23.5 Å². The van der Waals surface area contributed by atoms with E-state index in [-0.39, 0.29) is 0 Å². The van der Waals surface area contributed by atoms with Crippen LogP contribution in [0.1, 0.15) is 33.3 Å². The largest absolute Gasteiger partial charge is 0.489 e. The van der Waals surface area contributed by atoms with Crippen LogP contribution in [0.2, 0.25) is 0 Å². The van der Waals surface area contributed by atoms with Crippen LogP contribution >= 0.6 is 0 Å². The van der Waals surface area contributed by atoms with E-state index >= 15 is 0 Å². The third-order valence-corrected chi connectivity index (χ3v) is 3.46. The number of urea groups is 1. The Hall–Kier alpha value is -3.09. The lowest BCUT2D eigenvalue weighted by Gasteiger charge is -2.21. The van der Waals surface area contributed by atoms with E-state index in [1.165, 1.54) is 0 Å². The fourth-order valence-electron chi connectivity index (χ4n) is 2.23. The summed E-state index contributed by atoms with van der Waals surface area (Å²) in [6.45, 7) is 7.62. The Morgan fingerprint density at radius 2 is 1.96 bits per heavy atom. The number of hydrogen-bond acceptors (Lipinski definition) is 5. The first-order valence-corrected chi connectivity index (χ1v) is 8.74. The summed E-state index contributed by atoms with van der Waals surface area (Å²) >= 11 is 0. The molecule has 1 aromatic heterocycles. The van der Waals surface area contributed by atoms with Gasteiger partial charge in [0.1, 0.15) is 18.4 Å². The molecule has 27 heavy (non-hydrogen) atoms. The Morgan fingerprint density at radius 1 is 1.19 bits per heavy atom. The van der Waals surface area contributed by atoms with Gasteiger partial charge < -0.3 is 15.4 Å². The second-order valence-electron chi connectivity index (χ2n) is 7.24. The van der Waals surface area contributed by atoms with Gasteiger partial charge in [0.15, 0.2) is 0 Å². The summed E-state index contributed by atoms with van der Waals surface area (Å²) in [6, 6.07) is 9.97. The molecule has 0 saturated heterocycles. The number of rotatable bonds is 6. The SMILES string of the molecule is C[C@H](Nc1cccc(OCc2cccnc2)c1)C(=O)NC(=O)NC(C)(C)C. The molecule has 3 amide bonds. The summed E-state index contributed by atoms with van der Waals surface area (Å²) in [5.41, 5.74) is 1.27. The first-order valence-electron chi connectivity index (χ1n) is 8.74. The van der Waals surface area contributed by atoms with Crippen LogP contribution < -0.4 is 20.7 Å². The van der Waals surface area contributed by atoms with Gasteiger partial charge >= 0.3 is 6.03 Å². The van der Waals surface area contributed by atoms with Crippen molar-refractivity contribution in [2.24, 2.45) is 0 Å². The maximum absolute atomic E-state index is 12.2. The number of nitrogens with zero attached hydrogens (tertiary/aromatic N) is 1. The van der Waals surface area contributed by atoms with Gasteiger partial charge in [-0.3, -0.25) is 15.1 Å². The molecule has 144 valence electrons. The second-order valence-corrected chi connectivity index (χ2v) is 7.24. The van der Waals surface area contributed by atoms with Crippen molar-refractivity contribution < 1.29 is 14.3 Å². The number of pyridine rings is 1. The number of imide groups is 1. The molecule has 1 atom stereocenters. The molecule has 7 nitrogen and oxygen atoms in total. The number of carbonyl (C=O) groups excluding carboxylic acids is 2. The summed E-state index contributed by atoms with van der Waals surface area (Å²) < 4.78 is 5.75. The van der Waals surface area contributed by atoms with Crippen molar-refractivity contribution in [1.29, 1.82) is 0 Å². The number of anilines is 1. The molecule has 0 unspecified atom stereocenters. The van der Waals surface area contributed by atoms with E-state index in [0.717, 1.165) is 11.3 Å². The zero-order valence-electron chi connectivity index (χ0n) is 16.1. The maximum atomic E-state index is 12.2. The molecule has 0 saturated carbocycles. The molecule has 0 aliphatic heterocycles.